The Balaban J connectivity index is 2.39. The first kappa shape index (κ1) is 18.0. The first-order valence-electron chi connectivity index (χ1n) is 7.66. The third-order valence-corrected chi connectivity index (χ3v) is 3.37. The summed E-state index contributed by atoms with van der Waals surface area (Å²) in [5.74, 6) is 0.475. The predicted molar refractivity (Wildman–Crippen MR) is 84.8 cm³/mol. The van der Waals surface area contributed by atoms with Crippen molar-refractivity contribution in [2.24, 2.45) is 0 Å². The van der Waals surface area contributed by atoms with Gasteiger partial charge in [-0.05, 0) is 37.5 Å². The number of rotatable bonds is 9. The number of esters is 1. The summed E-state index contributed by atoms with van der Waals surface area (Å²) in [5, 5.41) is 2.87. The van der Waals surface area contributed by atoms with Crippen LogP contribution in [0.1, 0.15) is 38.7 Å². The molecule has 0 saturated carbocycles. The van der Waals surface area contributed by atoms with E-state index < -0.39 is 0 Å². The van der Waals surface area contributed by atoms with Crippen LogP contribution in [-0.4, -0.2) is 31.6 Å². The molecule has 0 fully saturated rings. The number of carbonyl (C=O) groups excluding carboxylic acids is 2. The molecule has 5 nitrogen and oxygen atoms in total. The van der Waals surface area contributed by atoms with Crippen LogP contribution in [0.2, 0.25) is 0 Å². The van der Waals surface area contributed by atoms with Crippen molar-refractivity contribution in [2.75, 3.05) is 13.7 Å². The van der Waals surface area contributed by atoms with Crippen molar-refractivity contribution >= 4 is 11.9 Å². The van der Waals surface area contributed by atoms with Crippen LogP contribution in [0, 0.1) is 0 Å². The van der Waals surface area contributed by atoms with E-state index in [9.17, 15) is 9.59 Å². The number of amides is 1. The molecule has 0 aliphatic rings. The van der Waals surface area contributed by atoms with Crippen molar-refractivity contribution in [3.8, 4) is 5.75 Å². The summed E-state index contributed by atoms with van der Waals surface area (Å²) < 4.78 is 10.0. The van der Waals surface area contributed by atoms with E-state index in [0.29, 0.717) is 25.9 Å². The summed E-state index contributed by atoms with van der Waals surface area (Å²) in [5.41, 5.74) is 1.08. The van der Waals surface area contributed by atoms with Crippen LogP contribution in [0.5, 0.6) is 5.75 Å². The smallest absolute Gasteiger partial charge is 0.307 e. The molecule has 0 spiro atoms. The number of ether oxygens (including phenoxy) is 2. The first-order chi connectivity index (χ1) is 10.6. The molecule has 0 saturated heterocycles. The molecule has 0 radical (unpaired) electrons. The number of aryl methyl sites for hydroxylation is 1. The Hall–Kier alpha value is -2.04. The molecule has 1 N–H and O–H groups in total. The molecule has 22 heavy (non-hydrogen) atoms. The van der Waals surface area contributed by atoms with Gasteiger partial charge in [-0.25, -0.2) is 0 Å². The van der Waals surface area contributed by atoms with Gasteiger partial charge in [0.25, 0.3) is 0 Å². The highest BCUT2D eigenvalue weighted by Gasteiger charge is 2.14. The molecule has 122 valence electrons. The van der Waals surface area contributed by atoms with Gasteiger partial charge in [0.05, 0.1) is 20.1 Å². The molecule has 1 rings (SSSR count). The maximum absolute atomic E-state index is 11.9. The lowest BCUT2D eigenvalue weighted by Gasteiger charge is -2.15. The maximum Gasteiger partial charge on any atom is 0.307 e. The predicted octanol–water partition coefficient (Wildman–Crippen LogP) is 2.48. The highest BCUT2D eigenvalue weighted by atomic mass is 16.5. The van der Waals surface area contributed by atoms with Crippen LogP contribution in [0.4, 0.5) is 0 Å². The molecule has 1 amide bonds. The summed E-state index contributed by atoms with van der Waals surface area (Å²) in [7, 11) is 1.35. The normalized spacial score (nSPS) is 11.6. The van der Waals surface area contributed by atoms with Crippen LogP contribution in [0.15, 0.2) is 24.3 Å². The van der Waals surface area contributed by atoms with Gasteiger partial charge in [-0.2, -0.15) is 0 Å². The van der Waals surface area contributed by atoms with Crippen molar-refractivity contribution in [1.82, 2.24) is 5.32 Å². The summed E-state index contributed by atoms with van der Waals surface area (Å²) >= 11 is 0. The second-order valence-electron chi connectivity index (χ2n) is 5.03. The average Bonchev–Trinajstić information content (AvgIpc) is 2.53. The van der Waals surface area contributed by atoms with Crippen LogP contribution >= 0.6 is 0 Å². The molecule has 1 atom stereocenters. The van der Waals surface area contributed by atoms with Gasteiger partial charge >= 0.3 is 5.97 Å². The zero-order chi connectivity index (χ0) is 16.4. The second-order valence-corrected chi connectivity index (χ2v) is 5.03. The van der Waals surface area contributed by atoms with Crippen molar-refractivity contribution in [3.05, 3.63) is 29.8 Å². The van der Waals surface area contributed by atoms with E-state index in [1.807, 2.05) is 38.1 Å². The Morgan fingerprint density at radius 2 is 1.86 bits per heavy atom. The highest BCUT2D eigenvalue weighted by molar-refractivity contribution is 5.77. The summed E-state index contributed by atoms with van der Waals surface area (Å²) in [6.07, 6.45) is 1.96. The van der Waals surface area contributed by atoms with Crippen molar-refractivity contribution in [2.45, 2.75) is 45.6 Å². The number of hydrogen-bond donors (Lipinski definition) is 1. The molecule has 0 bridgehead atoms. The van der Waals surface area contributed by atoms with E-state index >= 15 is 0 Å². The third-order valence-electron chi connectivity index (χ3n) is 3.37. The standard InChI is InChI=1S/C17H25NO4/c1-4-14(12-17(20)21-3)18-16(19)11-8-13-6-9-15(10-7-13)22-5-2/h6-7,9-10,14H,4-5,8,11-12H2,1-3H3,(H,18,19). The monoisotopic (exact) mass is 307 g/mol. The fourth-order valence-electron chi connectivity index (χ4n) is 2.06. The average molecular weight is 307 g/mol. The molecular formula is C17H25NO4. The van der Waals surface area contributed by atoms with Gasteiger partial charge in [0.1, 0.15) is 5.75 Å². The highest BCUT2D eigenvalue weighted by Crippen LogP contribution is 2.13. The van der Waals surface area contributed by atoms with E-state index in [2.05, 4.69) is 10.1 Å². The second kappa shape index (κ2) is 9.82. The van der Waals surface area contributed by atoms with E-state index in [-0.39, 0.29) is 24.3 Å². The lowest BCUT2D eigenvalue weighted by atomic mass is 10.1. The lowest BCUT2D eigenvalue weighted by Crippen LogP contribution is -2.36. The molecular weight excluding hydrogens is 282 g/mol. The van der Waals surface area contributed by atoms with Crippen molar-refractivity contribution in [1.29, 1.82) is 0 Å². The van der Waals surface area contributed by atoms with E-state index in [1.54, 1.807) is 0 Å². The van der Waals surface area contributed by atoms with Crippen molar-refractivity contribution in [3.63, 3.8) is 0 Å². The summed E-state index contributed by atoms with van der Waals surface area (Å²) in [4.78, 5) is 23.2. The molecule has 5 heteroatoms. The van der Waals surface area contributed by atoms with Gasteiger partial charge in [-0.1, -0.05) is 19.1 Å². The topological polar surface area (TPSA) is 64.6 Å². The molecule has 0 aliphatic carbocycles. The fourth-order valence-corrected chi connectivity index (χ4v) is 2.06. The van der Waals surface area contributed by atoms with Crippen LogP contribution in [0.25, 0.3) is 0 Å². The fraction of sp³-hybridized carbons (Fsp3) is 0.529. The van der Waals surface area contributed by atoms with E-state index in [0.717, 1.165) is 11.3 Å². The largest absolute Gasteiger partial charge is 0.494 e. The van der Waals surface area contributed by atoms with Crippen LogP contribution in [0.3, 0.4) is 0 Å². The Bertz CT molecular complexity index is 470. The number of nitrogens with one attached hydrogen (secondary N) is 1. The number of benzene rings is 1. The number of carbonyl (C=O) groups is 2. The zero-order valence-electron chi connectivity index (χ0n) is 13.6. The number of hydrogen-bond acceptors (Lipinski definition) is 4. The van der Waals surface area contributed by atoms with Gasteiger partial charge in [0, 0.05) is 12.5 Å². The van der Waals surface area contributed by atoms with Gasteiger partial charge in [-0.3, -0.25) is 9.59 Å². The molecule has 1 unspecified atom stereocenters. The Morgan fingerprint density at radius 1 is 1.18 bits per heavy atom. The van der Waals surface area contributed by atoms with Crippen molar-refractivity contribution < 1.29 is 19.1 Å². The maximum atomic E-state index is 11.9. The zero-order valence-corrected chi connectivity index (χ0v) is 13.6. The van der Waals surface area contributed by atoms with E-state index in [1.165, 1.54) is 7.11 Å². The summed E-state index contributed by atoms with van der Waals surface area (Å²) in [6.45, 7) is 4.51. The quantitative estimate of drug-likeness (QED) is 0.712. The minimum Gasteiger partial charge on any atom is -0.494 e. The molecule has 0 heterocycles. The molecule has 1 aromatic rings. The molecule has 1 aromatic carbocycles. The summed E-state index contributed by atoms with van der Waals surface area (Å²) in [6, 6.07) is 7.57. The Morgan fingerprint density at radius 3 is 2.41 bits per heavy atom. The Kier molecular flexibility index (Phi) is 8.04. The van der Waals surface area contributed by atoms with Gasteiger partial charge in [0.2, 0.25) is 5.91 Å². The Labute approximate surface area is 132 Å². The minimum atomic E-state index is -0.307. The molecule has 0 aliphatic heterocycles. The van der Waals surface area contributed by atoms with Crippen LogP contribution < -0.4 is 10.1 Å². The van der Waals surface area contributed by atoms with Gasteiger partial charge < -0.3 is 14.8 Å². The molecule has 0 aromatic heterocycles. The van der Waals surface area contributed by atoms with Gasteiger partial charge in [0.15, 0.2) is 0 Å². The lowest BCUT2D eigenvalue weighted by molar-refractivity contribution is -0.141. The van der Waals surface area contributed by atoms with Crippen LogP contribution in [-0.2, 0) is 20.7 Å². The minimum absolute atomic E-state index is 0.0513. The number of methoxy groups -OCH3 is 1. The van der Waals surface area contributed by atoms with E-state index in [4.69, 9.17) is 4.74 Å². The SMILES string of the molecule is CCOc1ccc(CCC(=O)NC(CC)CC(=O)OC)cc1. The van der Waals surface area contributed by atoms with Gasteiger partial charge in [-0.15, -0.1) is 0 Å². The first-order valence-corrected chi connectivity index (χ1v) is 7.66. The third kappa shape index (κ3) is 6.61.